The molecule has 2 aromatic rings. The second-order valence-electron chi connectivity index (χ2n) is 6.45. The largest absolute Gasteiger partial charge is 0.368 e. The van der Waals surface area contributed by atoms with Crippen molar-refractivity contribution in [1.29, 1.82) is 0 Å². The van der Waals surface area contributed by atoms with Gasteiger partial charge in [-0.2, -0.15) is 0 Å². The standard InChI is InChI=1S/C22H32N6/c1-3-5-17-24-22(25-18-6-4-2)27-28(20-15-11-8-12-16-20)21(23)26-19-13-9-7-10-14-19/h7-16H,3-6,17-18H2,1-2H3,(H2,23,26)(H2,24,25,27). The Morgan fingerprint density at radius 1 is 0.929 bits per heavy atom. The Bertz CT molecular complexity index is 727. The summed E-state index contributed by atoms with van der Waals surface area (Å²) in [5.41, 5.74) is 11.4. The highest BCUT2D eigenvalue weighted by molar-refractivity contribution is 5.99. The van der Waals surface area contributed by atoms with Gasteiger partial charge in [-0.15, -0.1) is 0 Å². The summed E-state index contributed by atoms with van der Waals surface area (Å²) in [7, 11) is 0. The van der Waals surface area contributed by atoms with Gasteiger partial charge < -0.3 is 11.1 Å². The van der Waals surface area contributed by atoms with Crippen LogP contribution in [-0.2, 0) is 0 Å². The molecular formula is C22H32N6. The second-order valence-corrected chi connectivity index (χ2v) is 6.45. The van der Waals surface area contributed by atoms with E-state index in [2.05, 4.69) is 34.6 Å². The number of hydrogen-bond donors (Lipinski definition) is 3. The summed E-state index contributed by atoms with van der Waals surface area (Å²) in [4.78, 5) is 9.24. The minimum atomic E-state index is 0.345. The van der Waals surface area contributed by atoms with Crippen LogP contribution >= 0.6 is 0 Å². The third kappa shape index (κ3) is 7.31. The average molecular weight is 381 g/mol. The number of hydrogen-bond acceptors (Lipinski definition) is 2. The first kappa shape index (κ1) is 21.3. The number of aliphatic imine (C=N–C) groups is 2. The van der Waals surface area contributed by atoms with Gasteiger partial charge in [0, 0.05) is 13.1 Å². The van der Waals surface area contributed by atoms with E-state index in [0.717, 1.165) is 50.1 Å². The molecule has 0 aromatic heterocycles. The lowest BCUT2D eigenvalue weighted by atomic mass is 10.3. The van der Waals surface area contributed by atoms with Gasteiger partial charge in [-0.25, -0.2) is 10.0 Å². The summed E-state index contributed by atoms with van der Waals surface area (Å²) in [6.07, 6.45) is 4.34. The summed E-state index contributed by atoms with van der Waals surface area (Å²) in [6.45, 7) is 5.95. The minimum Gasteiger partial charge on any atom is -0.368 e. The minimum absolute atomic E-state index is 0.345. The van der Waals surface area contributed by atoms with E-state index in [-0.39, 0.29) is 0 Å². The van der Waals surface area contributed by atoms with Crippen molar-refractivity contribution in [3.8, 4) is 0 Å². The Morgan fingerprint density at radius 3 is 2.21 bits per heavy atom. The number of hydrazine groups is 1. The van der Waals surface area contributed by atoms with E-state index in [1.807, 2.05) is 60.7 Å². The van der Waals surface area contributed by atoms with Crippen LogP contribution in [0.1, 0.15) is 39.5 Å². The summed E-state index contributed by atoms with van der Waals surface area (Å²) in [5, 5.41) is 5.15. The molecule has 0 radical (unpaired) electrons. The predicted molar refractivity (Wildman–Crippen MR) is 120 cm³/mol. The molecule has 0 bridgehead atoms. The van der Waals surface area contributed by atoms with E-state index in [0.29, 0.717) is 11.9 Å². The van der Waals surface area contributed by atoms with Gasteiger partial charge in [0.1, 0.15) is 0 Å². The van der Waals surface area contributed by atoms with Crippen molar-refractivity contribution >= 4 is 23.3 Å². The van der Waals surface area contributed by atoms with Crippen LogP contribution < -0.4 is 21.5 Å². The summed E-state index contributed by atoms with van der Waals surface area (Å²) in [6, 6.07) is 19.6. The van der Waals surface area contributed by atoms with Crippen LogP contribution in [0.15, 0.2) is 70.6 Å². The molecule has 0 aliphatic carbocycles. The van der Waals surface area contributed by atoms with Gasteiger partial charge in [-0.3, -0.25) is 10.4 Å². The number of rotatable bonds is 8. The van der Waals surface area contributed by atoms with Crippen LogP contribution in [0.5, 0.6) is 0 Å². The SMILES string of the molecule is CCCCN=C(NCCCC)NN(C(N)=Nc1ccccc1)c1ccccc1. The predicted octanol–water partition coefficient (Wildman–Crippen LogP) is 4.19. The maximum atomic E-state index is 6.37. The number of anilines is 1. The number of guanidine groups is 2. The normalized spacial score (nSPS) is 11.9. The number of nitrogens with one attached hydrogen (secondary N) is 2. The zero-order valence-corrected chi connectivity index (χ0v) is 16.9. The van der Waals surface area contributed by atoms with Crippen LogP contribution in [0, 0.1) is 0 Å². The van der Waals surface area contributed by atoms with Crippen molar-refractivity contribution < 1.29 is 0 Å². The molecule has 0 amide bonds. The fourth-order valence-electron chi connectivity index (χ4n) is 2.49. The zero-order chi connectivity index (χ0) is 20.0. The number of unbranched alkanes of at least 4 members (excludes halogenated alkanes) is 2. The average Bonchev–Trinajstić information content (AvgIpc) is 2.73. The van der Waals surface area contributed by atoms with Gasteiger partial charge in [-0.05, 0) is 37.1 Å². The molecule has 0 saturated heterocycles. The van der Waals surface area contributed by atoms with Crippen molar-refractivity contribution in [3.05, 3.63) is 60.7 Å². The summed E-state index contributed by atoms with van der Waals surface area (Å²) >= 11 is 0. The molecule has 6 nitrogen and oxygen atoms in total. The van der Waals surface area contributed by atoms with Crippen molar-refractivity contribution in [2.75, 3.05) is 18.1 Å². The van der Waals surface area contributed by atoms with E-state index >= 15 is 0 Å². The molecule has 4 N–H and O–H groups in total. The molecule has 0 fully saturated rings. The Morgan fingerprint density at radius 2 is 1.57 bits per heavy atom. The molecule has 0 unspecified atom stereocenters. The molecule has 2 aromatic carbocycles. The van der Waals surface area contributed by atoms with Crippen LogP contribution in [0.2, 0.25) is 0 Å². The highest BCUT2D eigenvalue weighted by Gasteiger charge is 2.13. The molecule has 0 saturated carbocycles. The van der Waals surface area contributed by atoms with Crippen LogP contribution in [0.4, 0.5) is 11.4 Å². The first-order valence-electron chi connectivity index (χ1n) is 10.0. The van der Waals surface area contributed by atoms with Crippen molar-refractivity contribution in [1.82, 2.24) is 10.7 Å². The Labute approximate surface area is 168 Å². The maximum absolute atomic E-state index is 6.37. The summed E-state index contributed by atoms with van der Waals surface area (Å²) in [5.74, 6) is 1.05. The zero-order valence-electron chi connectivity index (χ0n) is 16.9. The van der Waals surface area contributed by atoms with Gasteiger partial charge in [0.2, 0.25) is 11.9 Å². The van der Waals surface area contributed by atoms with Gasteiger partial charge in [-0.1, -0.05) is 63.1 Å². The molecular weight excluding hydrogens is 348 g/mol. The lowest BCUT2D eigenvalue weighted by molar-refractivity contribution is 0.722. The van der Waals surface area contributed by atoms with Crippen LogP contribution in [0.25, 0.3) is 0 Å². The number of nitrogens with two attached hydrogens (primary N) is 1. The molecule has 0 spiro atoms. The van der Waals surface area contributed by atoms with Crippen molar-refractivity contribution in [2.45, 2.75) is 39.5 Å². The number of para-hydroxylation sites is 2. The van der Waals surface area contributed by atoms with E-state index in [9.17, 15) is 0 Å². The highest BCUT2D eigenvalue weighted by Crippen LogP contribution is 2.14. The number of benzene rings is 2. The monoisotopic (exact) mass is 380 g/mol. The van der Waals surface area contributed by atoms with Crippen LogP contribution in [-0.4, -0.2) is 25.0 Å². The van der Waals surface area contributed by atoms with Gasteiger partial charge in [0.15, 0.2) is 0 Å². The molecule has 6 heteroatoms. The first-order chi connectivity index (χ1) is 13.7. The second kappa shape index (κ2) is 12.4. The molecule has 0 aliphatic heterocycles. The molecule has 0 atom stereocenters. The highest BCUT2D eigenvalue weighted by atomic mass is 15.6. The number of nitrogens with zero attached hydrogens (tertiary/aromatic N) is 3. The Hall–Kier alpha value is -3.02. The van der Waals surface area contributed by atoms with Gasteiger partial charge >= 0.3 is 0 Å². The topological polar surface area (TPSA) is 78.0 Å². The Kier molecular flexibility index (Phi) is 9.41. The van der Waals surface area contributed by atoms with Crippen molar-refractivity contribution in [2.24, 2.45) is 15.7 Å². The van der Waals surface area contributed by atoms with Gasteiger partial charge in [0.25, 0.3) is 0 Å². The lowest BCUT2D eigenvalue weighted by Crippen LogP contribution is -2.54. The van der Waals surface area contributed by atoms with E-state index < -0.39 is 0 Å². The van der Waals surface area contributed by atoms with Gasteiger partial charge in [0.05, 0.1) is 11.4 Å². The third-order valence-electron chi connectivity index (χ3n) is 4.07. The fraction of sp³-hybridized carbons (Fsp3) is 0.364. The van der Waals surface area contributed by atoms with Crippen molar-refractivity contribution in [3.63, 3.8) is 0 Å². The Balaban J connectivity index is 2.26. The molecule has 28 heavy (non-hydrogen) atoms. The molecule has 0 aliphatic rings. The van der Waals surface area contributed by atoms with Crippen LogP contribution in [0.3, 0.4) is 0 Å². The van der Waals surface area contributed by atoms with E-state index in [1.165, 1.54) is 0 Å². The lowest BCUT2D eigenvalue weighted by Gasteiger charge is -2.26. The maximum Gasteiger partial charge on any atom is 0.220 e. The first-order valence-corrected chi connectivity index (χ1v) is 10.0. The quantitative estimate of drug-likeness (QED) is 0.278. The molecule has 2 rings (SSSR count). The molecule has 150 valence electrons. The molecule has 0 heterocycles. The van der Waals surface area contributed by atoms with E-state index in [4.69, 9.17) is 5.73 Å². The van der Waals surface area contributed by atoms with E-state index in [1.54, 1.807) is 5.01 Å². The smallest absolute Gasteiger partial charge is 0.220 e. The fourth-order valence-corrected chi connectivity index (χ4v) is 2.49. The summed E-state index contributed by atoms with van der Waals surface area (Å²) < 4.78 is 0. The third-order valence-corrected chi connectivity index (χ3v) is 4.07.